The summed E-state index contributed by atoms with van der Waals surface area (Å²) in [5, 5.41) is 23.0. The Kier molecular flexibility index (Phi) is 53.6. The van der Waals surface area contributed by atoms with Gasteiger partial charge in [-0.25, -0.2) is 0 Å². The Hall–Kier alpha value is -2.18. The summed E-state index contributed by atoms with van der Waals surface area (Å²) in [4.78, 5) is 24.4. The summed E-state index contributed by atoms with van der Waals surface area (Å²) in [5.74, 6) is -0.0779. The Morgan fingerprint density at radius 1 is 0.424 bits per heavy atom. The molecule has 0 heterocycles. The molecule has 3 N–H and O–H groups in total. The predicted octanol–water partition coefficient (Wildman–Crippen LogP) is 17.8. The van der Waals surface area contributed by atoms with Crippen LogP contribution in [0.5, 0.6) is 0 Å². The first-order chi connectivity index (χ1) is 32.5. The molecule has 1 amide bonds. The zero-order valence-electron chi connectivity index (χ0n) is 43.9. The molecule has 6 heteroatoms. The van der Waals surface area contributed by atoms with E-state index in [1.54, 1.807) is 6.08 Å². The van der Waals surface area contributed by atoms with Gasteiger partial charge in [-0.2, -0.15) is 0 Å². The molecule has 0 rings (SSSR count). The number of aliphatic hydroxyl groups excluding tert-OH is 2. The van der Waals surface area contributed by atoms with E-state index in [1.807, 2.05) is 6.08 Å². The Morgan fingerprint density at radius 2 is 0.788 bits per heavy atom. The van der Waals surface area contributed by atoms with E-state index >= 15 is 0 Å². The number of nitrogens with one attached hydrogen (secondary N) is 1. The predicted molar refractivity (Wildman–Crippen MR) is 287 cm³/mol. The third-order valence-corrected chi connectivity index (χ3v) is 13.0. The highest BCUT2D eigenvalue weighted by molar-refractivity contribution is 5.76. The van der Waals surface area contributed by atoms with Crippen molar-refractivity contribution in [2.45, 2.75) is 309 Å². The van der Waals surface area contributed by atoms with E-state index in [0.717, 1.165) is 51.4 Å². The maximum atomic E-state index is 12.4. The van der Waals surface area contributed by atoms with E-state index in [9.17, 15) is 19.8 Å². The third-order valence-electron chi connectivity index (χ3n) is 13.0. The molecular formula is C60H111NO5. The zero-order chi connectivity index (χ0) is 47.9. The van der Waals surface area contributed by atoms with Crippen LogP contribution < -0.4 is 5.32 Å². The van der Waals surface area contributed by atoms with Gasteiger partial charge in [0.15, 0.2) is 0 Å². The number of allylic oxidation sites excluding steroid dienone is 7. The fourth-order valence-electron chi connectivity index (χ4n) is 8.61. The molecular weight excluding hydrogens is 815 g/mol. The third kappa shape index (κ3) is 51.2. The molecule has 0 aliphatic carbocycles. The molecule has 0 aromatic carbocycles. The van der Waals surface area contributed by atoms with Crippen LogP contribution in [0.2, 0.25) is 0 Å². The van der Waals surface area contributed by atoms with Crippen LogP contribution >= 0.6 is 0 Å². The van der Waals surface area contributed by atoms with Gasteiger partial charge in [0, 0.05) is 12.8 Å². The van der Waals surface area contributed by atoms with Crippen molar-refractivity contribution in [1.82, 2.24) is 5.32 Å². The summed E-state index contributed by atoms with van der Waals surface area (Å²) in [6, 6.07) is -0.631. The van der Waals surface area contributed by atoms with Gasteiger partial charge < -0.3 is 20.3 Å². The van der Waals surface area contributed by atoms with E-state index in [4.69, 9.17) is 4.74 Å². The number of hydrogen-bond acceptors (Lipinski definition) is 5. The fourth-order valence-corrected chi connectivity index (χ4v) is 8.61. The summed E-state index contributed by atoms with van der Waals surface area (Å²) in [5.41, 5.74) is 0. The second kappa shape index (κ2) is 55.4. The lowest BCUT2D eigenvalue weighted by Crippen LogP contribution is -2.45. The van der Waals surface area contributed by atoms with Crippen LogP contribution in [0.4, 0.5) is 0 Å². The molecule has 0 aromatic heterocycles. The summed E-state index contributed by atoms with van der Waals surface area (Å²) < 4.78 is 5.46. The lowest BCUT2D eigenvalue weighted by atomic mass is 10.0. The quantitative estimate of drug-likeness (QED) is 0.0321. The first-order valence-electron chi connectivity index (χ1n) is 28.9. The van der Waals surface area contributed by atoms with Gasteiger partial charge in [-0.15, -0.1) is 0 Å². The van der Waals surface area contributed by atoms with Crippen molar-refractivity contribution < 1.29 is 24.5 Å². The number of unbranched alkanes of at least 4 members (excludes halogenated alkanes) is 36. The van der Waals surface area contributed by atoms with Gasteiger partial charge in [0.1, 0.15) is 0 Å². The number of carbonyl (C=O) groups is 2. The van der Waals surface area contributed by atoms with Crippen molar-refractivity contribution in [2.24, 2.45) is 0 Å². The van der Waals surface area contributed by atoms with Crippen LogP contribution in [-0.2, 0) is 14.3 Å². The summed E-state index contributed by atoms with van der Waals surface area (Å²) in [6.07, 6.45) is 70.0. The van der Waals surface area contributed by atoms with Gasteiger partial charge in [-0.1, -0.05) is 249 Å². The van der Waals surface area contributed by atoms with Gasteiger partial charge >= 0.3 is 5.97 Å². The number of ether oxygens (including phenoxy) is 1. The van der Waals surface area contributed by atoms with E-state index in [1.165, 1.54) is 218 Å². The van der Waals surface area contributed by atoms with Crippen LogP contribution in [0.3, 0.4) is 0 Å². The van der Waals surface area contributed by atoms with Crippen molar-refractivity contribution in [3.8, 4) is 0 Å². The minimum absolute atomic E-state index is 0.00402. The number of rotatable bonds is 53. The van der Waals surface area contributed by atoms with Crippen LogP contribution in [-0.4, -0.2) is 47.4 Å². The number of hydrogen-bond donors (Lipinski definition) is 3. The lowest BCUT2D eigenvalue weighted by molar-refractivity contribution is -0.143. The highest BCUT2D eigenvalue weighted by Crippen LogP contribution is 2.16. The molecule has 0 saturated heterocycles. The molecule has 0 saturated carbocycles. The summed E-state index contributed by atoms with van der Waals surface area (Å²) >= 11 is 0. The number of aliphatic hydroxyl groups is 2. The van der Waals surface area contributed by atoms with Crippen molar-refractivity contribution in [1.29, 1.82) is 0 Å². The number of amides is 1. The van der Waals surface area contributed by atoms with Crippen molar-refractivity contribution in [3.63, 3.8) is 0 Å². The van der Waals surface area contributed by atoms with Gasteiger partial charge in [-0.3, -0.25) is 9.59 Å². The monoisotopic (exact) mass is 926 g/mol. The normalized spacial score (nSPS) is 13.0. The maximum Gasteiger partial charge on any atom is 0.305 e. The Balaban J connectivity index is 3.42. The topological polar surface area (TPSA) is 95.9 Å². The molecule has 2 unspecified atom stereocenters. The Labute approximate surface area is 410 Å². The van der Waals surface area contributed by atoms with Crippen molar-refractivity contribution in [3.05, 3.63) is 48.6 Å². The average molecular weight is 927 g/mol. The van der Waals surface area contributed by atoms with Gasteiger partial charge in [0.05, 0.1) is 25.4 Å². The molecule has 0 fully saturated rings. The van der Waals surface area contributed by atoms with E-state index in [-0.39, 0.29) is 18.5 Å². The smallest absolute Gasteiger partial charge is 0.305 e. The molecule has 0 aromatic rings. The van der Waals surface area contributed by atoms with E-state index in [2.05, 4.69) is 55.6 Å². The van der Waals surface area contributed by atoms with Gasteiger partial charge in [0.25, 0.3) is 0 Å². The van der Waals surface area contributed by atoms with Gasteiger partial charge in [-0.05, 0) is 83.5 Å². The van der Waals surface area contributed by atoms with E-state index < -0.39 is 12.1 Å². The largest absolute Gasteiger partial charge is 0.466 e. The SMILES string of the molecule is CCC/C=C\C/C=C\CCCCCCCC(=O)OCCCCCCCCCCCCCC/C=C\CCCCCCCCCCC(=O)NC(CO)C(O)/C=C/CCCCCCCCCCCC. The molecule has 6 nitrogen and oxygen atoms in total. The molecule has 0 aliphatic rings. The summed E-state index contributed by atoms with van der Waals surface area (Å²) in [6.45, 7) is 4.82. The number of esters is 1. The second-order valence-electron chi connectivity index (χ2n) is 19.6. The second-order valence-corrected chi connectivity index (χ2v) is 19.6. The average Bonchev–Trinajstić information content (AvgIpc) is 3.32. The van der Waals surface area contributed by atoms with Crippen LogP contribution in [0.15, 0.2) is 48.6 Å². The highest BCUT2D eigenvalue weighted by atomic mass is 16.5. The summed E-state index contributed by atoms with van der Waals surface area (Å²) in [7, 11) is 0. The number of carbonyl (C=O) groups excluding carboxylic acids is 2. The molecule has 66 heavy (non-hydrogen) atoms. The maximum absolute atomic E-state index is 12.4. The van der Waals surface area contributed by atoms with Crippen LogP contribution in [0.25, 0.3) is 0 Å². The fraction of sp³-hybridized carbons (Fsp3) is 0.833. The molecule has 0 spiro atoms. The molecule has 0 aliphatic heterocycles. The Morgan fingerprint density at radius 3 is 1.23 bits per heavy atom. The standard InChI is InChI=1S/C60H111NO5/c1-3-5-7-9-11-13-15-29-34-38-42-46-50-54-60(65)66-55-51-47-43-39-35-31-28-26-24-22-20-18-17-19-21-23-25-27-30-33-37-41-45-49-53-59(64)61-57(56-62)58(63)52-48-44-40-36-32-16-14-12-10-8-6-4-2/h7,9,13,15,19,21,48,52,57-58,62-63H,3-6,8,10-12,14,16-18,20,22-47,49-51,53-56H2,1-2H3,(H,61,64)/b9-7-,15-13-,21-19-,52-48+. The first-order valence-corrected chi connectivity index (χ1v) is 28.9. The highest BCUT2D eigenvalue weighted by Gasteiger charge is 2.18. The molecule has 0 radical (unpaired) electrons. The first kappa shape index (κ1) is 63.8. The molecule has 2 atom stereocenters. The zero-order valence-corrected chi connectivity index (χ0v) is 43.9. The van der Waals surface area contributed by atoms with E-state index in [0.29, 0.717) is 19.4 Å². The Bertz CT molecular complexity index is 1110. The van der Waals surface area contributed by atoms with Crippen molar-refractivity contribution >= 4 is 11.9 Å². The lowest BCUT2D eigenvalue weighted by Gasteiger charge is -2.20. The molecule has 0 bridgehead atoms. The minimum Gasteiger partial charge on any atom is -0.466 e. The van der Waals surface area contributed by atoms with Crippen molar-refractivity contribution in [2.75, 3.05) is 13.2 Å². The minimum atomic E-state index is -0.847. The van der Waals surface area contributed by atoms with Crippen LogP contribution in [0, 0.1) is 0 Å². The molecule has 386 valence electrons. The van der Waals surface area contributed by atoms with Crippen LogP contribution in [0.1, 0.15) is 296 Å². The van der Waals surface area contributed by atoms with Gasteiger partial charge in [0.2, 0.25) is 5.91 Å².